The summed E-state index contributed by atoms with van der Waals surface area (Å²) in [5, 5.41) is 15.4. The number of nitrogens with zero attached hydrogens (tertiary/aromatic N) is 1. The zero-order chi connectivity index (χ0) is 15.4. The number of hydrogen-bond acceptors (Lipinski definition) is 3. The fourth-order valence-electron chi connectivity index (χ4n) is 3.90. The Morgan fingerprint density at radius 1 is 1.29 bits per heavy atom. The molecule has 5 heteroatoms. The summed E-state index contributed by atoms with van der Waals surface area (Å²) in [5.41, 5.74) is 0. The fraction of sp³-hybridized carbons (Fsp3) is 0.938. The van der Waals surface area contributed by atoms with Crippen LogP contribution in [0.5, 0.6) is 0 Å². The van der Waals surface area contributed by atoms with Crippen LogP contribution >= 0.6 is 0 Å². The molecule has 4 unspecified atom stereocenters. The molecule has 2 saturated heterocycles. The fourth-order valence-corrected chi connectivity index (χ4v) is 3.90. The zero-order valence-electron chi connectivity index (χ0n) is 13.6. The topological polar surface area (TPSA) is 64.6 Å². The minimum atomic E-state index is -0.307. The summed E-state index contributed by atoms with van der Waals surface area (Å²) >= 11 is 0. The maximum absolute atomic E-state index is 12.0. The first-order valence-electron chi connectivity index (χ1n) is 8.40. The van der Waals surface area contributed by atoms with Crippen LogP contribution in [-0.2, 0) is 0 Å². The Kier molecular flexibility index (Phi) is 5.88. The third-order valence-corrected chi connectivity index (χ3v) is 5.03. The van der Waals surface area contributed by atoms with Gasteiger partial charge in [-0.2, -0.15) is 0 Å². The number of hydrogen-bond donors (Lipinski definition) is 3. The Bertz CT molecular complexity index is 334. The predicted molar refractivity (Wildman–Crippen MR) is 84.2 cm³/mol. The molecule has 0 saturated carbocycles. The summed E-state index contributed by atoms with van der Waals surface area (Å²) < 4.78 is 0. The van der Waals surface area contributed by atoms with Gasteiger partial charge >= 0.3 is 6.03 Å². The van der Waals surface area contributed by atoms with Crippen molar-refractivity contribution in [2.45, 2.75) is 76.6 Å². The van der Waals surface area contributed by atoms with Crippen molar-refractivity contribution in [2.24, 2.45) is 5.92 Å². The van der Waals surface area contributed by atoms with Crippen molar-refractivity contribution >= 4 is 6.03 Å². The maximum Gasteiger partial charge on any atom is 0.315 e. The van der Waals surface area contributed by atoms with E-state index in [1.165, 1.54) is 19.3 Å². The molecule has 2 rings (SSSR count). The molecule has 0 aliphatic carbocycles. The van der Waals surface area contributed by atoms with Crippen LogP contribution in [0.4, 0.5) is 4.79 Å². The summed E-state index contributed by atoms with van der Waals surface area (Å²) in [7, 11) is 2.22. The van der Waals surface area contributed by atoms with Gasteiger partial charge in [-0.05, 0) is 52.0 Å². The highest BCUT2D eigenvalue weighted by Gasteiger charge is 2.36. The van der Waals surface area contributed by atoms with E-state index in [4.69, 9.17) is 0 Å². The lowest BCUT2D eigenvalue weighted by molar-refractivity contribution is 0.0508. The average molecular weight is 297 g/mol. The van der Waals surface area contributed by atoms with Crippen molar-refractivity contribution in [3.8, 4) is 0 Å². The Morgan fingerprint density at radius 2 is 1.90 bits per heavy atom. The van der Waals surface area contributed by atoms with E-state index in [0.29, 0.717) is 30.6 Å². The van der Waals surface area contributed by atoms with E-state index in [0.717, 1.165) is 19.3 Å². The van der Waals surface area contributed by atoms with Crippen molar-refractivity contribution in [3.63, 3.8) is 0 Å². The van der Waals surface area contributed by atoms with Crippen molar-refractivity contribution in [3.05, 3.63) is 0 Å². The molecule has 4 atom stereocenters. The van der Waals surface area contributed by atoms with Crippen LogP contribution in [0.1, 0.15) is 52.4 Å². The van der Waals surface area contributed by atoms with Gasteiger partial charge in [0.25, 0.3) is 0 Å². The molecule has 2 amide bonds. The highest BCUT2D eigenvalue weighted by molar-refractivity contribution is 5.74. The van der Waals surface area contributed by atoms with Gasteiger partial charge in [0.05, 0.1) is 6.10 Å². The molecule has 2 heterocycles. The lowest BCUT2D eigenvalue weighted by atomic mass is 9.82. The zero-order valence-corrected chi connectivity index (χ0v) is 13.6. The molecule has 2 aliphatic rings. The lowest BCUT2D eigenvalue weighted by Gasteiger charge is -2.47. The SMILES string of the molecule is CC(O)CC(C)CNC(=O)NC1CC2CCCC(C1)N2C. The maximum atomic E-state index is 12.0. The Hall–Kier alpha value is -0.810. The first kappa shape index (κ1) is 16.6. The molecule has 122 valence electrons. The third-order valence-electron chi connectivity index (χ3n) is 5.03. The number of nitrogens with one attached hydrogen (secondary N) is 2. The van der Waals surface area contributed by atoms with E-state index >= 15 is 0 Å². The lowest BCUT2D eigenvalue weighted by Crippen LogP contribution is -2.56. The van der Waals surface area contributed by atoms with Gasteiger partial charge in [-0.3, -0.25) is 0 Å². The second-order valence-corrected chi connectivity index (χ2v) is 7.12. The number of aliphatic hydroxyl groups is 1. The Labute approximate surface area is 128 Å². The minimum Gasteiger partial charge on any atom is -0.393 e. The second kappa shape index (κ2) is 7.45. The molecule has 0 radical (unpaired) electrons. The number of aliphatic hydroxyl groups excluding tert-OH is 1. The molecular formula is C16H31N3O2. The van der Waals surface area contributed by atoms with Gasteiger partial charge in [0.1, 0.15) is 0 Å². The van der Waals surface area contributed by atoms with Gasteiger partial charge in [0.15, 0.2) is 0 Å². The largest absolute Gasteiger partial charge is 0.393 e. The summed E-state index contributed by atoms with van der Waals surface area (Å²) in [6.07, 6.45) is 6.41. The number of carbonyl (C=O) groups excluding carboxylic acids is 1. The molecule has 5 nitrogen and oxygen atoms in total. The highest BCUT2D eigenvalue weighted by atomic mass is 16.3. The van der Waals surface area contributed by atoms with Crippen LogP contribution in [0.15, 0.2) is 0 Å². The van der Waals surface area contributed by atoms with E-state index in [-0.39, 0.29) is 12.1 Å². The van der Waals surface area contributed by atoms with Gasteiger partial charge in [-0.15, -0.1) is 0 Å². The van der Waals surface area contributed by atoms with Crippen LogP contribution < -0.4 is 10.6 Å². The van der Waals surface area contributed by atoms with Gasteiger partial charge in [0, 0.05) is 24.7 Å². The normalized spacial score (nSPS) is 32.3. The number of fused-ring (bicyclic) bond motifs is 2. The van der Waals surface area contributed by atoms with Crippen LogP contribution in [0.25, 0.3) is 0 Å². The number of amides is 2. The van der Waals surface area contributed by atoms with Crippen molar-refractivity contribution in [1.82, 2.24) is 15.5 Å². The smallest absolute Gasteiger partial charge is 0.315 e. The molecule has 2 fully saturated rings. The van der Waals surface area contributed by atoms with Gasteiger partial charge < -0.3 is 20.6 Å². The van der Waals surface area contributed by atoms with Gasteiger partial charge in [-0.25, -0.2) is 4.79 Å². The van der Waals surface area contributed by atoms with Gasteiger partial charge in [0.2, 0.25) is 0 Å². The van der Waals surface area contributed by atoms with Crippen molar-refractivity contribution in [2.75, 3.05) is 13.6 Å². The van der Waals surface area contributed by atoms with E-state index < -0.39 is 0 Å². The molecule has 0 aromatic rings. The standard InChI is InChI=1S/C16H31N3O2/c1-11(7-12(2)20)10-17-16(21)18-13-8-14-5-4-6-15(9-13)19(14)3/h11-15,20H,4-10H2,1-3H3,(H2,17,18,21). The van der Waals surface area contributed by atoms with Crippen LogP contribution in [0, 0.1) is 5.92 Å². The number of urea groups is 1. The minimum absolute atomic E-state index is 0.0555. The highest BCUT2D eigenvalue weighted by Crippen LogP contribution is 2.32. The molecule has 21 heavy (non-hydrogen) atoms. The Morgan fingerprint density at radius 3 is 2.48 bits per heavy atom. The van der Waals surface area contributed by atoms with E-state index in [1.54, 1.807) is 6.92 Å². The number of carbonyl (C=O) groups is 1. The molecule has 0 spiro atoms. The number of rotatable bonds is 5. The molecule has 2 aliphatic heterocycles. The van der Waals surface area contributed by atoms with Crippen LogP contribution in [-0.4, -0.2) is 53.9 Å². The molecular weight excluding hydrogens is 266 g/mol. The molecule has 0 aromatic carbocycles. The predicted octanol–water partition coefficient (Wildman–Crippen LogP) is 1.71. The summed E-state index contributed by atoms with van der Waals surface area (Å²) in [4.78, 5) is 14.5. The molecule has 3 N–H and O–H groups in total. The average Bonchev–Trinajstić information content (AvgIpc) is 2.37. The first-order chi connectivity index (χ1) is 9.95. The quantitative estimate of drug-likeness (QED) is 0.724. The van der Waals surface area contributed by atoms with E-state index in [9.17, 15) is 9.90 Å². The molecule has 0 aromatic heterocycles. The van der Waals surface area contributed by atoms with Crippen LogP contribution in [0.3, 0.4) is 0 Å². The van der Waals surface area contributed by atoms with Gasteiger partial charge in [-0.1, -0.05) is 13.3 Å². The first-order valence-corrected chi connectivity index (χ1v) is 8.40. The van der Waals surface area contributed by atoms with Crippen LogP contribution in [0.2, 0.25) is 0 Å². The summed E-state index contributed by atoms with van der Waals surface area (Å²) in [5.74, 6) is 0.299. The van der Waals surface area contributed by atoms with E-state index in [1.807, 2.05) is 6.92 Å². The van der Waals surface area contributed by atoms with E-state index in [2.05, 4.69) is 22.6 Å². The van der Waals surface area contributed by atoms with Crippen molar-refractivity contribution in [1.29, 1.82) is 0 Å². The molecule has 2 bridgehead atoms. The van der Waals surface area contributed by atoms with Crippen molar-refractivity contribution < 1.29 is 9.90 Å². The summed E-state index contributed by atoms with van der Waals surface area (Å²) in [6, 6.07) is 1.53. The number of piperidine rings is 2. The second-order valence-electron chi connectivity index (χ2n) is 7.12. The summed E-state index contributed by atoms with van der Waals surface area (Å²) in [6.45, 7) is 4.46. The monoisotopic (exact) mass is 297 g/mol. The third kappa shape index (κ3) is 4.85. The Balaban J connectivity index is 1.71.